The monoisotopic (exact) mass is 232 g/mol. The molecular formula is C12H12N2O3. The number of carbonyl (C=O) groups excluding carboxylic acids is 2. The van der Waals surface area contributed by atoms with Crippen molar-refractivity contribution in [1.29, 1.82) is 0 Å². The average molecular weight is 232 g/mol. The van der Waals surface area contributed by atoms with Gasteiger partial charge in [-0.05, 0) is 18.2 Å². The first-order valence-electron chi connectivity index (χ1n) is 5.12. The Bertz CT molecular complexity index is 484. The fraction of sp³-hybridized carbons (Fsp3) is 0.167. The highest BCUT2D eigenvalue weighted by atomic mass is 16.5. The molecule has 0 radical (unpaired) electrons. The summed E-state index contributed by atoms with van der Waals surface area (Å²) in [5.74, 6) is -0.411. The van der Waals surface area contributed by atoms with Crippen molar-refractivity contribution in [2.24, 2.45) is 5.73 Å². The van der Waals surface area contributed by atoms with Gasteiger partial charge in [-0.25, -0.2) is 0 Å². The number of fused-ring (bicyclic) bond motifs is 1. The van der Waals surface area contributed by atoms with E-state index >= 15 is 0 Å². The van der Waals surface area contributed by atoms with Crippen molar-refractivity contribution in [3.63, 3.8) is 0 Å². The van der Waals surface area contributed by atoms with Gasteiger partial charge in [-0.15, -0.1) is 0 Å². The van der Waals surface area contributed by atoms with Crippen molar-refractivity contribution >= 4 is 17.5 Å². The molecule has 0 bridgehead atoms. The molecule has 0 aliphatic carbocycles. The standard InChI is InChI=1S/C12H12N2O3/c1-2-11(15)14-7-10(12(13)16)17-9-6-4-3-5-8(9)14/h2-6,10H,1,7H2,(H2,13,16). The van der Waals surface area contributed by atoms with E-state index in [1.807, 2.05) is 0 Å². The first-order chi connectivity index (χ1) is 8.13. The largest absolute Gasteiger partial charge is 0.477 e. The number of benzene rings is 1. The molecule has 1 aromatic rings. The molecule has 1 aliphatic rings. The zero-order valence-corrected chi connectivity index (χ0v) is 9.13. The van der Waals surface area contributed by atoms with Crippen molar-refractivity contribution < 1.29 is 14.3 Å². The third-order valence-corrected chi connectivity index (χ3v) is 2.53. The first-order valence-corrected chi connectivity index (χ1v) is 5.12. The van der Waals surface area contributed by atoms with E-state index in [4.69, 9.17) is 10.5 Å². The smallest absolute Gasteiger partial charge is 0.260 e. The number of hydrogen-bond acceptors (Lipinski definition) is 3. The maximum absolute atomic E-state index is 11.7. The second-order valence-electron chi connectivity index (χ2n) is 3.63. The third-order valence-electron chi connectivity index (χ3n) is 2.53. The van der Waals surface area contributed by atoms with E-state index in [1.54, 1.807) is 24.3 Å². The highest BCUT2D eigenvalue weighted by Gasteiger charge is 2.31. The van der Waals surface area contributed by atoms with Gasteiger partial charge in [-0.1, -0.05) is 18.7 Å². The molecule has 5 nitrogen and oxygen atoms in total. The number of hydrogen-bond donors (Lipinski definition) is 1. The minimum atomic E-state index is -0.825. The summed E-state index contributed by atoms with van der Waals surface area (Å²) in [4.78, 5) is 24.3. The number of rotatable bonds is 2. The minimum Gasteiger partial charge on any atom is -0.477 e. The van der Waals surface area contributed by atoms with Gasteiger partial charge in [0.1, 0.15) is 5.75 Å². The number of amides is 2. The molecule has 1 heterocycles. The van der Waals surface area contributed by atoms with Gasteiger partial charge in [0.2, 0.25) is 0 Å². The van der Waals surface area contributed by atoms with E-state index in [2.05, 4.69) is 6.58 Å². The summed E-state index contributed by atoms with van der Waals surface area (Å²) in [6.07, 6.45) is 0.369. The van der Waals surface area contributed by atoms with Gasteiger partial charge in [0, 0.05) is 0 Å². The zero-order chi connectivity index (χ0) is 12.4. The number of nitrogens with zero attached hydrogens (tertiary/aromatic N) is 1. The molecule has 1 unspecified atom stereocenters. The Balaban J connectivity index is 2.42. The van der Waals surface area contributed by atoms with Crippen LogP contribution in [0.5, 0.6) is 5.75 Å². The van der Waals surface area contributed by atoms with Gasteiger partial charge in [0.05, 0.1) is 12.2 Å². The number of carbonyl (C=O) groups is 2. The summed E-state index contributed by atoms with van der Waals surface area (Å²) in [5.41, 5.74) is 5.82. The van der Waals surface area contributed by atoms with E-state index in [1.165, 1.54) is 11.0 Å². The van der Waals surface area contributed by atoms with Gasteiger partial charge in [0.25, 0.3) is 11.8 Å². The highest BCUT2D eigenvalue weighted by molar-refractivity contribution is 6.03. The lowest BCUT2D eigenvalue weighted by Crippen LogP contribution is -2.48. The van der Waals surface area contributed by atoms with Crippen LogP contribution in [0.4, 0.5) is 5.69 Å². The van der Waals surface area contributed by atoms with Gasteiger partial charge in [-0.3, -0.25) is 9.59 Å². The summed E-state index contributed by atoms with van der Waals surface area (Å²) in [5, 5.41) is 0. The Labute approximate surface area is 98.5 Å². The molecule has 17 heavy (non-hydrogen) atoms. The molecule has 88 valence electrons. The first kappa shape index (κ1) is 11.2. The molecule has 0 spiro atoms. The SMILES string of the molecule is C=CC(=O)N1CC(C(N)=O)Oc2ccccc21. The lowest BCUT2D eigenvalue weighted by atomic mass is 10.2. The van der Waals surface area contributed by atoms with Crippen LogP contribution in [0.3, 0.4) is 0 Å². The lowest BCUT2D eigenvalue weighted by molar-refractivity contribution is -0.125. The van der Waals surface area contributed by atoms with E-state index in [0.29, 0.717) is 11.4 Å². The van der Waals surface area contributed by atoms with E-state index in [9.17, 15) is 9.59 Å². The van der Waals surface area contributed by atoms with Gasteiger partial charge >= 0.3 is 0 Å². The predicted octanol–water partition coefficient (Wildman–Crippen LogP) is 0.452. The van der Waals surface area contributed by atoms with Gasteiger partial charge in [0.15, 0.2) is 6.10 Å². The molecule has 1 aromatic carbocycles. The second-order valence-corrected chi connectivity index (χ2v) is 3.63. The van der Waals surface area contributed by atoms with Crippen LogP contribution in [-0.4, -0.2) is 24.5 Å². The molecule has 5 heteroatoms. The predicted molar refractivity (Wildman–Crippen MR) is 62.6 cm³/mol. The summed E-state index contributed by atoms with van der Waals surface area (Å²) >= 11 is 0. The number of para-hydroxylation sites is 2. The summed E-state index contributed by atoms with van der Waals surface area (Å²) < 4.78 is 5.42. The number of nitrogens with two attached hydrogens (primary N) is 1. The van der Waals surface area contributed by atoms with Crippen molar-refractivity contribution in [2.45, 2.75) is 6.10 Å². The molecule has 2 amide bonds. The van der Waals surface area contributed by atoms with Crippen molar-refractivity contribution in [1.82, 2.24) is 0 Å². The minimum absolute atomic E-state index is 0.108. The van der Waals surface area contributed by atoms with Crippen LogP contribution in [0, 0.1) is 0 Å². The van der Waals surface area contributed by atoms with Crippen molar-refractivity contribution in [3.8, 4) is 5.75 Å². The summed E-state index contributed by atoms with van der Waals surface area (Å²) in [7, 11) is 0. The Hall–Kier alpha value is -2.30. The quantitative estimate of drug-likeness (QED) is 0.752. The molecule has 2 N–H and O–H groups in total. The normalized spacial score (nSPS) is 17.9. The van der Waals surface area contributed by atoms with Gasteiger partial charge < -0.3 is 15.4 Å². The molecule has 1 atom stereocenters. The van der Waals surface area contributed by atoms with Crippen LogP contribution in [-0.2, 0) is 9.59 Å². The van der Waals surface area contributed by atoms with Crippen LogP contribution < -0.4 is 15.4 Å². The molecule has 0 fully saturated rings. The maximum Gasteiger partial charge on any atom is 0.260 e. The number of ether oxygens (including phenoxy) is 1. The summed E-state index contributed by atoms with van der Waals surface area (Å²) in [6.45, 7) is 3.54. The van der Waals surface area contributed by atoms with Gasteiger partial charge in [-0.2, -0.15) is 0 Å². The Morgan fingerprint density at radius 1 is 1.47 bits per heavy atom. The Morgan fingerprint density at radius 2 is 2.18 bits per heavy atom. The zero-order valence-electron chi connectivity index (χ0n) is 9.13. The van der Waals surface area contributed by atoms with Crippen LogP contribution in [0.1, 0.15) is 0 Å². The fourth-order valence-corrected chi connectivity index (χ4v) is 1.70. The second kappa shape index (κ2) is 4.29. The average Bonchev–Trinajstić information content (AvgIpc) is 2.36. The third kappa shape index (κ3) is 1.99. The Kier molecular flexibility index (Phi) is 2.82. The molecule has 1 aliphatic heterocycles. The lowest BCUT2D eigenvalue weighted by Gasteiger charge is -2.32. The number of anilines is 1. The molecular weight excluding hydrogens is 220 g/mol. The van der Waals surface area contributed by atoms with Crippen LogP contribution in [0.2, 0.25) is 0 Å². The molecule has 2 rings (SSSR count). The van der Waals surface area contributed by atoms with E-state index in [-0.39, 0.29) is 12.5 Å². The Morgan fingerprint density at radius 3 is 2.82 bits per heavy atom. The van der Waals surface area contributed by atoms with Crippen molar-refractivity contribution in [2.75, 3.05) is 11.4 Å². The van der Waals surface area contributed by atoms with Crippen LogP contribution >= 0.6 is 0 Å². The van der Waals surface area contributed by atoms with E-state index < -0.39 is 12.0 Å². The molecule has 0 saturated carbocycles. The fourth-order valence-electron chi connectivity index (χ4n) is 1.70. The maximum atomic E-state index is 11.7. The topological polar surface area (TPSA) is 72.6 Å². The van der Waals surface area contributed by atoms with Crippen LogP contribution in [0.25, 0.3) is 0 Å². The number of primary amides is 1. The van der Waals surface area contributed by atoms with Crippen molar-refractivity contribution in [3.05, 3.63) is 36.9 Å². The summed E-state index contributed by atoms with van der Waals surface area (Å²) in [6, 6.07) is 6.98. The molecule has 0 aromatic heterocycles. The van der Waals surface area contributed by atoms with Crippen LogP contribution in [0.15, 0.2) is 36.9 Å². The molecule has 0 saturated heterocycles. The van der Waals surface area contributed by atoms with E-state index in [0.717, 1.165) is 0 Å². The highest BCUT2D eigenvalue weighted by Crippen LogP contribution is 2.33.